The molecule has 0 aliphatic heterocycles. The second kappa shape index (κ2) is 7.06. The number of nitrogens with one attached hydrogen (secondary N) is 3. The Labute approximate surface area is 110 Å². The summed E-state index contributed by atoms with van der Waals surface area (Å²) in [6.45, 7) is 1.82. The third-order valence-corrected chi connectivity index (χ3v) is 2.50. The number of urea groups is 1. The molecule has 4 N–H and O–H groups in total. The molecule has 1 unspecified atom stereocenters. The molecule has 7 heteroatoms. The van der Waals surface area contributed by atoms with Gasteiger partial charge in [0.1, 0.15) is 6.04 Å². The number of H-pyrrole nitrogens is 1. The van der Waals surface area contributed by atoms with Gasteiger partial charge in [-0.05, 0) is 6.42 Å². The van der Waals surface area contributed by atoms with Crippen molar-refractivity contribution in [3.05, 3.63) is 18.2 Å². The van der Waals surface area contributed by atoms with Gasteiger partial charge in [0.15, 0.2) is 0 Å². The first kappa shape index (κ1) is 14.6. The minimum absolute atomic E-state index is 0.121. The van der Waals surface area contributed by atoms with Gasteiger partial charge in [0.2, 0.25) is 0 Å². The van der Waals surface area contributed by atoms with Gasteiger partial charge in [-0.2, -0.15) is 0 Å². The molecule has 0 aliphatic carbocycles. The molecule has 0 bridgehead atoms. The molecule has 1 heterocycles. The number of hydrogen-bond acceptors (Lipinski definition) is 3. The Bertz CT molecular complexity index is 464. The number of aromatic amines is 1. The van der Waals surface area contributed by atoms with Crippen molar-refractivity contribution in [1.29, 1.82) is 0 Å². The SMILES string of the molecule is C#CC(CC)NC(=O)N[C@H](Cc1cnc[nH]1)C(=O)O. The number of hydrogen-bond donors (Lipinski definition) is 4. The van der Waals surface area contributed by atoms with E-state index in [4.69, 9.17) is 11.5 Å². The predicted molar refractivity (Wildman–Crippen MR) is 68.3 cm³/mol. The molecular formula is C12H16N4O3. The molecular weight excluding hydrogens is 248 g/mol. The summed E-state index contributed by atoms with van der Waals surface area (Å²) in [6, 6.07) is -2.06. The summed E-state index contributed by atoms with van der Waals surface area (Å²) in [5.74, 6) is 1.27. The number of carboxylic acids is 1. The topological polar surface area (TPSA) is 107 Å². The summed E-state index contributed by atoms with van der Waals surface area (Å²) >= 11 is 0. The Morgan fingerprint density at radius 1 is 1.58 bits per heavy atom. The third-order valence-electron chi connectivity index (χ3n) is 2.50. The van der Waals surface area contributed by atoms with E-state index in [9.17, 15) is 9.59 Å². The van der Waals surface area contributed by atoms with E-state index in [0.717, 1.165) is 0 Å². The number of aliphatic carboxylic acids is 1. The standard InChI is InChI=1S/C12H16N4O3/c1-3-8(4-2)15-12(19)16-10(11(17)18)5-9-6-13-7-14-9/h1,6-8,10H,4-5H2,2H3,(H,13,14)(H,17,18)(H2,15,16,19)/t8?,10-/m1/s1. The molecule has 0 saturated heterocycles. The first-order chi connectivity index (χ1) is 9.06. The highest BCUT2D eigenvalue weighted by Gasteiger charge is 2.21. The number of imidazole rings is 1. The molecule has 0 radical (unpaired) electrons. The average molecular weight is 264 g/mol. The Morgan fingerprint density at radius 3 is 2.79 bits per heavy atom. The van der Waals surface area contributed by atoms with Gasteiger partial charge in [0, 0.05) is 18.3 Å². The molecule has 1 aromatic heterocycles. The lowest BCUT2D eigenvalue weighted by atomic mass is 10.1. The molecule has 2 amide bonds. The van der Waals surface area contributed by atoms with Gasteiger partial charge in [-0.1, -0.05) is 12.8 Å². The molecule has 1 aromatic rings. The van der Waals surface area contributed by atoms with Crippen molar-refractivity contribution in [2.45, 2.75) is 31.8 Å². The highest BCUT2D eigenvalue weighted by Crippen LogP contribution is 1.99. The lowest BCUT2D eigenvalue weighted by Gasteiger charge is -2.16. The predicted octanol–water partition coefficient (Wildman–Crippen LogP) is 0.116. The molecule has 0 aromatic carbocycles. The van der Waals surface area contributed by atoms with E-state index in [0.29, 0.717) is 12.1 Å². The molecule has 1 rings (SSSR count). The van der Waals surface area contributed by atoms with E-state index in [2.05, 4.69) is 26.5 Å². The fourth-order valence-corrected chi connectivity index (χ4v) is 1.44. The van der Waals surface area contributed by atoms with Crippen LogP contribution >= 0.6 is 0 Å². The Balaban J connectivity index is 2.57. The molecule has 19 heavy (non-hydrogen) atoms. The number of carbonyl (C=O) groups excluding carboxylic acids is 1. The van der Waals surface area contributed by atoms with Crippen molar-refractivity contribution in [3.63, 3.8) is 0 Å². The van der Waals surface area contributed by atoms with Crippen LogP contribution in [0.2, 0.25) is 0 Å². The first-order valence-corrected chi connectivity index (χ1v) is 5.80. The summed E-state index contributed by atoms with van der Waals surface area (Å²) in [4.78, 5) is 29.2. The van der Waals surface area contributed by atoms with Crippen LogP contribution in [0.3, 0.4) is 0 Å². The number of carbonyl (C=O) groups is 2. The fourth-order valence-electron chi connectivity index (χ4n) is 1.44. The maximum atomic E-state index is 11.6. The number of rotatable bonds is 6. The van der Waals surface area contributed by atoms with Gasteiger partial charge in [0.25, 0.3) is 0 Å². The van der Waals surface area contributed by atoms with Crippen LogP contribution < -0.4 is 10.6 Å². The zero-order valence-electron chi connectivity index (χ0n) is 10.5. The summed E-state index contributed by atoms with van der Waals surface area (Å²) in [7, 11) is 0. The zero-order chi connectivity index (χ0) is 14.3. The fraction of sp³-hybridized carbons (Fsp3) is 0.417. The first-order valence-electron chi connectivity index (χ1n) is 5.80. The van der Waals surface area contributed by atoms with Crippen LogP contribution in [0, 0.1) is 12.3 Å². The lowest BCUT2D eigenvalue weighted by molar-refractivity contribution is -0.139. The smallest absolute Gasteiger partial charge is 0.326 e. The van der Waals surface area contributed by atoms with E-state index in [-0.39, 0.29) is 6.42 Å². The third kappa shape index (κ3) is 4.71. The van der Waals surface area contributed by atoms with Crippen LogP contribution in [0.15, 0.2) is 12.5 Å². The van der Waals surface area contributed by atoms with Crippen molar-refractivity contribution < 1.29 is 14.7 Å². The van der Waals surface area contributed by atoms with Gasteiger partial charge in [0.05, 0.1) is 12.4 Å². The summed E-state index contributed by atoms with van der Waals surface area (Å²) < 4.78 is 0. The minimum atomic E-state index is -1.13. The maximum absolute atomic E-state index is 11.6. The molecule has 0 fully saturated rings. The van der Waals surface area contributed by atoms with Crippen LogP contribution in [-0.4, -0.2) is 39.2 Å². The Morgan fingerprint density at radius 2 is 2.32 bits per heavy atom. The van der Waals surface area contributed by atoms with E-state index in [1.807, 2.05) is 6.92 Å². The number of aromatic nitrogens is 2. The van der Waals surface area contributed by atoms with Gasteiger partial charge in [-0.15, -0.1) is 6.42 Å². The van der Waals surface area contributed by atoms with Gasteiger partial charge in [-0.25, -0.2) is 14.6 Å². The van der Waals surface area contributed by atoms with E-state index >= 15 is 0 Å². The van der Waals surface area contributed by atoms with Gasteiger partial charge >= 0.3 is 12.0 Å². The van der Waals surface area contributed by atoms with Crippen molar-refractivity contribution in [2.75, 3.05) is 0 Å². The maximum Gasteiger partial charge on any atom is 0.326 e. The summed E-state index contributed by atoms with van der Waals surface area (Å²) in [5, 5.41) is 13.9. The normalized spacial score (nSPS) is 13.1. The number of terminal acetylenes is 1. The molecule has 7 nitrogen and oxygen atoms in total. The Kier molecular flexibility index (Phi) is 5.41. The highest BCUT2D eigenvalue weighted by atomic mass is 16.4. The molecule has 0 saturated carbocycles. The number of amides is 2. The van der Waals surface area contributed by atoms with Crippen LogP contribution in [-0.2, 0) is 11.2 Å². The summed E-state index contributed by atoms with van der Waals surface area (Å²) in [6.07, 6.45) is 8.85. The van der Waals surface area contributed by atoms with Crippen LogP contribution in [0.5, 0.6) is 0 Å². The second-order valence-corrected chi connectivity index (χ2v) is 3.92. The summed E-state index contributed by atoms with van der Waals surface area (Å²) in [5.41, 5.74) is 0.622. The highest BCUT2D eigenvalue weighted by molar-refractivity contribution is 5.83. The lowest BCUT2D eigenvalue weighted by Crippen LogP contribution is -2.49. The molecule has 0 aliphatic rings. The molecule has 2 atom stereocenters. The second-order valence-electron chi connectivity index (χ2n) is 3.92. The van der Waals surface area contributed by atoms with E-state index < -0.39 is 24.1 Å². The van der Waals surface area contributed by atoms with Crippen molar-refractivity contribution >= 4 is 12.0 Å². The van der Waals surface area contributed by atoms with Crippen molar-refractivity contribution in [3.8, 4) is 12.3 Å². The average Bonchev–Trinajstić information content (AvgIpc) is 2.87. The molecule has 102 valence electrons. The van der Waals surface area contributed by atoms with E-state index in [1.54, 1.807) is 0 Å². The number of carboxylic acid groups (broad SMARTS) is 1. The van der Waals surface area contributed by atoms with E-state index in [1.165, 1.54) is 12.5 Å². The van der Waals surface area contributed by atoms with Crippen LogP contribution in [0.4, 0.5) is 4.79 Å². The van der Waals surface area contributed by atoms with Crippen LogP contribution in [0.1, 0.15) is 19.0 Å². The molecule has 0 spiro atoms. The number of nitrogens with zero attached hydrogens (tertiary/aromatic N) is 1. The zero-order valence-corrected chi connectivity index (χ0v) is 10.5. The van der Waals surface area contributed by atoms with Gasteiger partial charge in [-0.3, -0.25) is 0 Å². The van der Waals surface area contributed by atoms with Crippen LogP contribution in [0.25, 0.3) is 0 Å². The Hall–Kier alpha value is -2.49. The monoisotopic (exact) mass is 264 g/mol. The minimum Gasteiger partial charge on any atom is -0.480 e. The van der Waals surface area contributed by atoms with Gasteiger partial charge < -0.3 is 20.7 Å². The van der Waals surface area contributed by atoms with Crippen molar-refractivity contribution in [2.24, 2.45) is 0 Å². The van der Waals surface area contributed by atoms with Crippen molar-refractivity contribution in [1.82, 2.24) is 20.6 Å². The largest absolute Gasteiger partial charge is 0.480 e. The quantitative estimate of drug-likeness (QED) is 0.547.